The monoisotopic (exact) mass is 386 g/mol. The van der Waals surface area contributed by atoms with E-state index in [2.05, 4.69) is 12.2 Å². The van der Waals surface area contributed by atoms with Crippen LogP contribution in [-0.2, 0) is 11.3 Å². The van der Waals surface area contributed by atoms with E-state index in [1.165, 1.54) is 24.2 Å². The van der Waals surface area contributed by atoms with Crippen LogP contribution < -0.4 is 5.32 Å². The van der Waals surface area contributed by atoms with E-state index in [1.54, 1.807) is 0 Å². The molecular formula is C22H30N2O2S. The van der Waals surface area contributed by atoms with Crippen molar-refractivity contribution in [3.8, 4) is 0 Å². The molecule has 3 unspecified atom stereocenters. The Labute approximate surface area is 166 Å². The van der Waals surface area contributed by atoms with Gasteiger partial charge in [-0.3, -0.25) is 4.79 Å². The first-order valence-corrected chi connectivity index (χ1v) is 10.8. The molecule has 1 aliphatic heterocycles. The molecule has 4 nitrogen and oxygen atoms in total. The van der Waals surface area contributed by atoms with Gasteiger partial charge in [-0.15, -0.1) is 11.3 Å². The fraction of sp³-hybridized carbons (Fsp3) is 0.500. The topological polar surface area (TPSA) is 52.6 Å². The van der Waals surface area contributed by atoms with Crippen molar-refractivity contribution in [1.29, 1.82) is 0 Å². The van der Waals surface area contributed by atoms with E-state index < -0.39 is 6.10 Å². The maximum atomic E-state index is 13.1. The Hall–Kier alpha value is -1.69. The predicted molar refractivity (Wildman–Crippen MR) is 111 cm³/mol. The highest BCUT2D eigenvalue weighted by atomic mass is 32.1. The van der Waals surface area contributed by atoms with Crippen molar-refractivity contribution in [3.63, 3.8) is 0 Å². The van der Waals surface area contributed by atoms with E-state index in [0.717, 1.165) is 23.5 Å². The molecule has 27 heavy (non-hydrogen) atoms. The minimum absolute atomic E-state index is 0.132. The Bertz CT molecular complexity index is 684. The van der Waals surface area contributed by atoms with Crippen molar-refractivity contribution in [3.05, 3.63) is 58.3 Å². The lowest BCUT2D eigenvalue weighted by Gasteiger charge is -2.31. The molecule has 2 aromatic rings. The number of benzene rings is 1. The van der Waals surface area contributed by atoms with Crippen LogP contribution >= 0.6 is 11.3 Å². The first-order chi connectivity index (χ1) is 13.1. The summed E-state index contributed by atoms with van der Waals surface area (Å²) in [5.74, 6) is 1.04. The zero-order valence-corrected chi connectivity index (χ0v) is 16.8. The second-order valence-corrected chi connectivity index (χ2v) is 8.56. The van der Waals surface area contributed by atoms with Crippen LogP contribution in [0.15, 0.2) is 47.8 Å². The van der Waals surface area contributed by atoms with Gasteiger partial charge in [0.25, 0.3) is 0 Å². The lowest BCUT2D eigenvalue weighted by Crippen LogP contribution is -2.38. The molecule has 1 aromatic carbocycles. The van der Waals surface area contributed by atoms with Gasteiger partial charge in [0.2, 0.25) is 5.91 Å². The molecule has 1 saturated heterocycles. The molecule has 5 heteroatoms. The minimum atomic E-state index is -0.635. The van der Waals surface area contributed by atoms with Gasteiger partial charge in [-0.25, -0.2) is 0 Å². The third-order valence-electron chi connectivity index (χ3n) is 5.47. The number of hydrogen-bond donors (Lipinski definition) is 2. The van der Waals surface area contributed by atoms with Crippen molar-refractivity contribution in [2.24, 2.45) is 11.8 Å². The van der Waals surface area contributed by atoms with Crippen molar-refractivity contribution in [2.75, 3.05) is 19.6 Å². The largest absolute Gasteiger partial charge is 0.386 e. The standard InChI is InChI=1S/C22H30N2O2S/c1-17(19-9-5-11-23-14-19)13-22(26)24(15-18-7-3-2-4-8-18)16-20(25)21-10-6-12-27-21/h2-4,6-8,10,12,17,19-20,23,25H,5,9,11,13-16H2,1H3. The van der Waals surface area contributed by atoms with Gasteiger partial charge in [0, 0.05) is 17.8 Å². The highest BCUT2D eigenvalue weighted by Gasteiger charge is 2.26. The van der Waals surface area contributed by atoms with Crippen molar-refractivity contribution < 1.29 is 9.90 Å². The Kier molecular flexibility index (Phi) is 7.44. The minimum Gasteiger partial charge on any atom is -0.386 e. The first-order valence-electron chi connectivity index (χ1n) is 9.87. The lowest BCUT2D eigenvalue weighted by molar-refractivity contribution is -0.134. The number of hydrogen-bond acceptors (Lipinski definition) is 4. The number of nitrogens with zero attached hydrogens (tertiary/aromatic N) is 1. The van der Waals surface area contributed by atoms with Crippen LogP contribution in [0.5, 0.6) is 0 Å². The van der Waals surface area contributed by atoms with Gasteiger partial charge < -0.3 is 15.3 Å². The number of aliphatic hydroxyl groups excluding tert-OH is 1. The van der Waals surface area contributed by atoms with Gasteiger partial charge in [0.05, 0.1) is 6.54 Å². The summed E-state index contributed by atoms with van der Waals surface area (Å²) in [5, 5.41) is 16.0. The molecule has 0 radical (unpaired) electrons. The van der Waals surface area contributed by atoms with Crippen LogP contribution in [0.4, 0.5) is 0 Å². The molecule has 1 aliphatic rings. The van der Waals surface area contributed by atoms with E-state index in [-0.39, 0.29) is 5.91 Å². The van der Waals surface area contributed by atoms with Crippen LogP contribution in [0.3, 0.4) is 0 Å². The molecule has 3 rings (SSSR count). The first kappa shape index (κ1) is 20.1. The van der Waals surface area contributed by atoms with Crippen LogP contribution in [0.1, 0.15) is 42.7 Å². The number of piperidine rings is 1. The summed E-state index contributed by atoms with van der Waals surface area (Å²) in [4.78, 5) is 15.8. The third kappa shape index (κ3) is 5.89. The van der Waals surface area contributed by atoms with Crippen LogP contribution in [0.2, 0.25) is 0 Å². The molecule has 2 heterocycles. The average molecular weight is 387 g/mol. The maximum Gasteiger partial charge on any atom is 0.223 e. The van der Waals surface area contributed by atoms with E-state index in [4.69, 9.17) is 0 Å². The van der Waals surface area contributed by atoms with E-state index in [9.17, 15) is 9.90 Å². The van der Waals surface area contributed by atoms with Crippen LogP contribution in [0, 0.1) is 11.8 Å². The number of rotatable bonds is 8. The zero-order chi connectivity index (χ0) is 19.1. The molecule has 0 bridgehead atoms. The highest BCUT2D eigenvalue weighted by Crippen LogP contribution is 2.25. The molecule has 0 aliphatic carbocycles. The number of carbonyl (C=O) groups excluding carboxylic acids is 1. The molecule has 0 saturated carbocycles. The smallest absolute Gasteiger partial charge is 0.223 e. The molecule has 0 spiro atoms. The van der Waals surface area contributed by atoms with E-state index >= 15 is 0 Å². The SMILES string of the molecule is CC(CC(=O)N(Cc1ccccc1)CC(O)c1cccs1)C1CCCNC1. The van der Waals surface area contributed by atoms with Gasteiger partial charge in [0.15, 0.2) is 0 Å². The molecule has 3 atom stereocenters. The summed E-state index contributed by atoms with van der Waals surface area (Å²) >= 11 is 1.53. The second kappa shape index (κ2) is 10.0. The fourth-order valence-corrected chi connectivity index (χ4v) is 4.48. The molecule has 1 aromatic heterocycles. The van der Waals surface area contributed by atoms with Gasteiger partial charge in [-0.1, -0.05) is 43.3 Å². The number of carbonyl (C=O) groups is 1. The Morgan fingerprint density at radius 2 is 2.11 bits per heavy atom. The molecule has 146 valence electrons. The number of aliphatic hydroxyl groups is 1. The van der Waals surface area contributed by atoms with Gasteiger partial charge in [-0.2, -0.15) is 0 Å². The summed E-state index contributed by atoms with van der Waals surface area (Å²) in [6.45, 7) is 5.16. The second-order valence-electron chi connectivity index (χ2n) is 7.58. The van der Waals surface area contributed by atoms with Crippen molar-refractivity contribution in [2.45, 2.75) is 38.8 Å². The van der Waals surface area contributed by atoms with Gasteiger partial charge in [0.1, 0.15) is 6.10 Å². The van der Waals surface area contributed by atoms with Crippen molar-refractivity contribution >= 4 is 17.2 Å². The Morgan fingerprint density at radius 3 is 2.78 bits per heavy atom. The normalized spacial score (nSPS) is 19.4. The number of amides is 1. The van der Waals surface area contributed by atoms with Crippen molar-refractivity contribution in [1.82, 2.24) is 10.2 Å². The number of nitrogens with one attached hydrogen (secondary N) is 1. The summed E-state index contributed by atoms with van der Waals surface area (Å²) in [6.07, 6.45) is 2.28. The lowest BCUT2D eigenvalue weighted by atomic mass is 9.85. The summed E-state index contributed by atoms with van der Waals surface area (Å²) in [7, 11) is 0. The Balaban J connectivity index is 1.66. The van der Waals surface area contributed by atoms with Crippen LogP contribution in [-0.4, -0.2) is 35.5 Å². The summed E-state index contributed by atoms with van der Waals surface area (Å²) in [5.41, 5.74) is 1.09. The van der Waals surface area contributed by atoms with Gasteiger partial charge in [-0.05, 0) is 54.8 Å². The predicted octanol–water partition coefficient (Wildman–Crippen LogP) is 3.84. The summed E-state index contributed by atoms with van der Waals surface area (Å²) < 4.78 is 0. The Morgan fingerprint density at radius 1 is 1.30 bits per heavy atom. The third-order valence-corrected chi connectivity index (χ3v) is 6.44. The maximum absolute atomic E-state index is 13.1. The zero-order valence-electron chi connectivity index (χ0n) is 16.0. The fourth-order valence-electron chi connectivity index (χ4n) is 3.77. The van der Waals surface area contributed by atoms with Gasteiger partial charge >= 0.3 is 0 Å². The average Bonchev–Trinajstić information content (AvgIpc) is 3.24. The summed E-state index contributed by atoms with van der Waals surface area (Å²) in [6, 6.07) is 13.9. The number of thiophene rings is 1. The molecule has 1 fully saturated rings. The highest BCUT2D eigenvalue weighted by molar-refractivity contribution is 7.10. The quantitative estimate of drug-likeness (QED) is 0.725. The molecule has 2 N–H and O–H groups in total. The van der Waals surface area contributed by atoms with Crippen LogP contribution in [0.25, 0.3) is 0 Å². The van der Waals surface area contributed by atoms with E-state index in [0.29, 0.717) is 31.3 Å². The molecular weight excluding hydrogens is 356 g/mol. The van der Waals surface area contributed by atoms with E-state index in [1.807, 2.05) is 52.7 Å². The molecule has 1 amide bonds.